The number of ether oxygens (including phenoxy) is 2. The lowest BCUT2D eigenvalue weighted by Crippen LogP contribution is -2.25. The third kappa shape index (κ3) is 34.7. The third-order valence-corrected chi connectivity index (χ3v) is 7.87. The highest BCUT2D eigenvalue weighted by atomic mass is 16.6. The molecule has 6 heteroatoms. The van der Waals surface area contributed by atoms with Crippen molar-refractivity contribution in [2.45, 2.75) is 180 Å². The molecular formula is C40H70O6. The molecule has 6 nitrogen and oxygen atoms in total. The molecule has 0 aliphatic heterocycles. The van der Waals surface area contributed by atoms with Gasteiger partial charge in [0.1, 0.15) is 19.3 Å². The van der Waals surface area contributed by atoms with Gasteiger partial charge < -0.3 is 19.7 Å². The van der Waals surface area contributed by atoms with Crippen LogP contribution >= 0.6 is 0 Å². The molecule has 2 atom stereocenters. The van der Waals surface area contributed by atoms with Crippen molar-refractivity contribution < 1.29 is 29.3 Å². The second kappa shape index (κ2) is 35.7. The highest BCUT2D eigenvalue weighted by Crippen LogP contribution is 2.13. The predicted octanol–water partition coefficient (Wildman–Crippen LogP) is 10.4. The van der Waals surface area contributed by atoms with Crippen LogP contribution in [0.2, 0.25) is 0 Å². The van der Waals surface area contributed by atoms with Crippen molar-refractivity contribution in [2.75, 3.05) is 13.2 Å². The molecule has 0 fully saturated rings. The Kier molecular flexibility index (Phi) is 34.0. The molecule has 0 aliphatic rings. The Bertz CT molecular complexity index is 800. The van der Waals surface area contributed by atoms with Crippen LogP contribution in [-0.4, -0.2) is 47.6 Å². The van der Waals surface area contributed by atoms with Crippen molar-refractivity contribution >= 4 is 11.9 Å². The number of carbonyl (C=O) groups is 2. The molecule has 0 aliphatic carbocycles. The van der Waals surface area contributed by atoms with Crippen LogP contribution in [0.15, 0.2) is 48.6 Å². The predicted molar refractivity (Wildman–Crippen MR) is 193 cm³/mol. The zero-order chi connectivity index (χ0) is 33.8. The Balaban J connectivity index is 3.57. The first kappa shape index (κ1) is 43.8. The second-order valence-electron chi connectivity index (χ2n) is 12.5. The second-order valence-corrected chi connectivity index (χ2v) is 12.5. The Labute approximate surface area is 282 Å². The van der Waals surface area contributed by atoms with Gasteiger partial charge in [-0.2, -0.15) is 0 Å². The number of esters is 2. The van der Waals surface area contributed by atoms with Crippen LogP contribution in [0.1, 0.15) is 168 Å². The van der Waals surface area contributed by atoms with Crippen molar-refractivity contribution in [3.63, 3.8) is 0 Å². The van der Waals surface area contributed by atoms with E-state index < -0.39 is 6.10 Å². The van der Waals surface area contributed by atoms with E-state index in [9.17, 15) is 19.8 Å². The van der Waals surface area contributed by atoms with Crippen LogP contribution < -0.4 is 0 Å². The number of hydrogen-bond acceptors (Lipinski definition) is 6. The minimum absolute atomic E-state index is 0.141. The van der Waals surface area contributed by atoms with Crippen molar-refractivity contribution in [3.8, 4) is 0 Å². The van der Waals surface area contributed by atoms with Gasteiger partial charge in [0.05, 0.1) is 6.10 Å². The van der Waals surface area contributed by atoms with Crippen LogP contribution in [-0.2, 0) is 19.1 Å². The Hall–Kier alpha value is -2.18. The number of aliphatic hydroxyl groups is 2. The zero-order valence-electron chi connectivity index (χ0n) is 29.7. The summed E-state index contributed by atoms with van der Waals surface area (Å²) >= 11 is 0. The summed E-state index contributed by atoms with van der Waals surface area (Å²) in [5.41, 5.74) is 0. The van der Waals surface area contributed by atoms with Crippen LogP contribution in [0.4, 0.5) is 0 Å². The number of rotatable bonds is 33. The zero-order valence-corrected chi connectivity index (χ0v) is 29.7. The summed E-state index contributed by atoms with van der Waals surface area (Å²) in [6.07, 6.45) is 40.8. The van der Waals surface area contributed by atoms with Crippen LogP contribution in [0.25, 0.3) is 0 Å². The lowest BCUT2D eigenvalue weighted by molar-refractivity contribution is -0.152. The molecule has 1 unspecified atom stereocenters. The number of allylic oxidation sites excluding steroid dienone is 7. The monoisotopic (exact) mass is 647 g/mol. The number of aliphatic hydroxyl groups excluding tert-OH is 2. The van der Waals surface area contributed by atoms with E-state index in [0.717, 1.165) is 64.2 Å². The molecule has 0 aromatic rings. The fourth-order valence-electron chi connectivity index (χ4n) is 5.03. The van der Waals surface area contributed by atoms with E-state index >= 15 is 0 Å². The van der Waals surface area contributed by atoms with Crippen LogP contribution in [0, 0.1) is 0 Å². The number of hydrogen-bond donors (Lipinski definition) is 2. The van der Waals surface area contributed by atoms with E-state index in [1.165, 1.54) is 70.6 Å². The van der Waals surface area contributed by atoms with E-state index in [4.69, 9.17) is 9.47 Å². The molecule has 0 bridgehead atoms. The minimum atomic E-state index is -0.994. The van der Waals surface area contributed by atoms with Crippen molar-refractivity contribution in [1.29, 1.82) is 0 Å². The number of carbonyl (C=O) groups excluding carboxylic acids is 2. The van der Waals surface area contributed by atoms with E-state index in [0.29, 0.717) is 19.3 Å². The lowest BCUT2D eigenvalue weighted by Gasteiger charge is -2.12. The first-order valence-corrected chi connectivity index (χ1v) is 18.8. The van der Waals surface area contributed by atoms with Gasteiger partial charge in [-0.3, -0.25) is 9.59 Å². The molecule has 0 radical (unpaired) electrons. The topological polar surface area (TPSA) is 93.1 Å². The third-order valence-electron chi connectivity index (χ3n) is 7.87. The number of unbranched alkanes of at least 4 members (excludes halogenated alkanes) is 14. The maximum absolute atomic E-state index is 11.9. The van der Waals surface area contributed by atoms with Crippen molar-refractivity contribution in [2.24, 2.45) is 0 Å². The van der Waals surface area contributed by atoms with Crippen LogP contribution in [0.5, 0.6) is 0 Å². The molecule has 46 heavy (non-hydrogen) atoms. The molecule has 0 rings (SSSR count). The average molecular weight is 647 g/mol. The van der Waals surface area contributed by atoms with Gasteiger partial charge in [0, 0.05) is 12.8 Å². The highest BCUT2D eigenvalue weighted by Gasteiger charge is 2.12. The van der Waals surface area contributed by atoms with Gasteiger partial charge in [0.25, 0.3) is 0 Å². The molecule has 0 amide bonds. The summed E-state index contributed by atoms with van der Waals surface area (Å²) < 4.78 is 10.3. The lowest BCUT2D eigenvalue weighted by atomic mass is 10.0. The molecule has 0 saturated heterocycles. The maximum atomic E-state index is 11.9. The van der Waals surface area contributed by atoms with E-state index in [2.05, 4.69) is 62.5 Å². The maximum Gasteiger partial charge on any atom is 0.305 e. The molecule has 0 aromatic carbocycles. The molecule has 266 valence electrons. The molecular weight excluding hydrogens is 576 g/mol. The van der Waals surface area contributed by atoms with Gasteiger partial charge >= 0.3 is 11.9 Å². The van der Waals surface area contributed by atoms with E-state index in [-0.39, 0.29) is 31.3 Å². The summed E-state index contributed by atoms with van der Waals surface area (Å²) in [5, 5.41) is 19.7. The Morgan fingerprint density at radius 3 is 1.39 bits per heavy atom. The van der Waals surface area contributed by atoms with Crippen LogP contribution in [0.3, 0.4) is 0 Å². The quantitative estimate of drug-likeness (QED) is 0.0419. The summed E-state index contributed by atoms with van der Waals surface area (Å²) in [4.78, 5) is 23.9. The van der Waals surface area contributed by atoms with Gasteiger partial charge in [-0.25, -0.2) is 0 Å². The standard InChI is InChI=1S/C40H70O6/c1-3-5-6-7-8-9-10-11-14-17-20-23-26-29-33-39(43)45-35-38(42)36-46-40(44)34-30-27-24-21-18-15-12-13-16-19-22-25-28-32-37(41)31-4-2/h12,15-16,19,21,24-25,28,37-38,41-42H,3-11,13-14,17-18,20,22-23,26-27,29-36H2,1-2H3/b15-12-,19-16-,24-21-,28-25-/t37?,38-/m1/s1. The van der Waals surface area contributed by atoms with Crippen molar-refractivity contribution in [3.05, 3.63) is 48.6 Å². The SMILES string of the molecule is CCCCCCCCCCCCCCCCC(=O)OC[C@@H](O)COC(=O)CCC/C=C\C/C=C\C/C=C\C/C=C\CC(O)CCC. The summed E-state index contributed by atoms with van der Waals surface area (Å²) in [6, 6.07) is 0. The van der Waals surface area contributed by atoms with Gasteiger partial charge in [0.15, 0.2) is 0 Å². The molecule has 2 N–H and O–H groups in total. The summed E-state index contributed by atoms with van der Waals surface area (Å²) in [7, 11) is 0. The van der Waals surface area contributed by atoms with Gasteiger partial charge in [-0.05, 0) is 51.4 Å². The molecule has 0 spiro atoms. The Morgan fingerprint density at radius 2 is 0.913 bits per heavy atom. The minimum Gasteiger partial charge on any atom is -0.463 e. The highest BCUT2D eigenvalue weighted by molar-refractivity contribution is 5.69. The smallest absolute Gasteiger partial charge is 0.305 e. The normalized spacial score (nSPS) is 13.4. The van der Waals surface area contributed by atoms with Gasteiger partial charge in [0.2, 0.25) is 0 Å². The Morgan fingerprint density at radius 1 is 0.500 bits per heavy atom. The fraction of sp³-hybridized carbons (Fsp3) is 0.750. The molecule has 0 saturated carbocycles. The van der Waals surface area contributed by atoms with Gasteiger partial charge in [-0.15, -0.1) is 0 Å². The fourth-order valence-corrected chi connectivity index (χ4v) is 5.03. The van der Waals surface area contributed by atoms with Gasteiger partial charge in [-0.1, -0.05) is 152 Å². The van der Waals surface area contributed by atoms with E-state index in [1.54, 1.807) is 0 Å². The first-order valence-electron chi connectivity index (χ1n) is 18.8. The summed E-state index contributed by atoms with van der Waals surface area (Å²) in [6.45, 7) is 4.05. The average Bonchev–Trinajstić information content (AvgIpc) is 3.04. The largest absolute Gasteiger partial charge is 0.463 e. The van der Waals surface area contributed by atoms with Crippen molar-refractivity contribution in [1.82, 2.24) is 0 Å². The van der Waals surface area contributed by atoms with E-state index in [1.807, 2.05) is 0 Å². The molecule has 0 aromatic heterocycles. The summed E-state index contributed by atoms with van der Waals surface area (Å²) in [5.74, 6) is -0.648. The molecule has 0 heterocycles. The first-order chi connectivity index (χ1) is 22.5.